The van der Waals surface area contributed by atoms with Gasteiger partial charge in [0.15, 0.2) is 0 Å². The van der Waals surface area contributed by atoms with Crippen molar-refractivity contribution in [2.24, 2.45) is 0 Å². The summed E-state index contributed by atoms with van der Waals surface area (Å²) in [7, 11) is 1.17. The monoisotopic (exact) mass is 353 g/mol. The average Bonchev–Trinajstić information content (AvgIpc) is 2.90. The SMILES string of the molecule is COC(=O)C(Cc1cccc(C(=O)O)c1)N1C(=O)c2ccccc2C1=O. The molecule has 1 aliphatic heterocycles. The van der Waals surface area contributed by atoms with Crippen LogP contribution in [-0.2, 0) is 16.0 Å². The third-order valence-corrected chi connectivity index (χ3v) is 4.21. The zero-order valence-electron chi connectivity index (χ0n) is 13.8. The molecule has 0 fully saturated rings. The zero-order chi connectivity index (χ0) is 18.8. The molecule has 0 spiro atoms. The molecule has 1 heterocycles. The summed E-state index contributed by atoms with van der Waals surface area (Å²) in [5.41, 5.74) is 1.00. The topological polar surface area (TPSA) is 101 Å². The van der Waals surface area contributed by atoms with E-state index >= 15 is 0 Å². The smallest absolute Gasteiger partial charge is 0.335 e. The Balaban J connectivity index is 1.97. The number of rotatable bonds is 5. The van der Waals surface area contributed by atoms with Gasteiger partial charge in [-0.15, -0.1) is 0 Å². The molecule has 1 atom stereocenters. The van der Waals surface area contributed by atoms with Gasteiger partial charge in [0.1, 0.15) is 6.04 Å². The molecule has 2 amide bonds. The highest BCUT2D eigenvalue weighted by Crippen LogP contribution is 2.26. The van der Waals surface area contributed by atoms with Crippen LogP contribution in [0.1, 0.15) is 36.6 Å². The maximum absolute atomic E-state index is 12.6. The van der Waals surface area contributed by atoms with Gasteiger partial charge in [-0.05, 0) is 29.8 Å². The van der Waals surface area contributed by atoms with Crippen molar-refractivity contribution in [2.45, 2.75) is 12.5 Å². The summed E-state index contributed by atoms with van der Waals surface area (Å²) < 4.78 is 4.77. The minimum atomic E-state index is -1.18. The van der Waals surface area contributed by atoms with E-state index in [0.29, 0.717) is 5.56 Å². The van der Waals surface area contributed by atoms with Crippen molar-refractivity contribution in [3.05, 3.63) is 70.8 Å². The van der Waals surface area contributed by atoms with Gasteiger partial charge in [0.2, 0.25) is 0 Å². The van der Waals surface area contributed by atoms with Gasteiger partial charge in [-0.25, -0.2) is 9.59 Å². The molecule has 7 heteroatoms. The highest BCUT2D eigenvalue weighted by Gasteiger charge is 2.43. The Morgan fingerprint density at radius 3 is 2.19 bits per heavy atom. The molecule has 0 radical (unpaired) electrons. The van der Waals surface area contributed by atoms with Crippen LogP contribution in [0.2, 0.25) is 0 Å². The van der Waals surface area contributed by atoms with Gasteiger partial charge in [0, 0.05) is 6.42 Å². The minimum absolute atomic E-state index is 0.0424. The summed E-state index contributed by atoms with van der Waals surface area (Å²) in [4.78, 5) is 49.6. The molecule has 26 heavy (non-hydrogen) atoms. The van der Waals surface area contributed by atoms with Crippen LogP contribution in [0.5, 0.6) is 0 Å². The molecular weight excluding hydrogens is 338 g/mol. The second-order valence-electron chi connectivity index (χ2n) is 5.77. The molecule has 2 aromatic carbocycles. The lowest BCUT2D eigenvalue weighted by molar-refractivity contribution is -0.145. The summed E-state index contributed by atoms with van der Waals surface area (Å²) in [5, 5.41) is 9.10. The third-order valence-electron chi connectivity index (χ3n) is 4.21. The molecule has 0 saturated heterocycles. The van der Waals surface area contributed by atoms with Gasteiger partial charge < -0.3 is 9.84 Å². The summed E-state index contributed by atoms with van der Waals surface area (Å²) in [5.74, 6) is -3.01. The number of hydrogen-bond donors (Lipinski definition) is 1. The molecule has 0 aliphatic carbocycles. The Bertz CT molecular complexity index is 885. The molecule has 3 rings (SSSR count). The van der Waals surface area contributed by atoms with Crippen LogP contribution >= 0.6 is 0 Å². The number of methoxy groups -OCH3 is 1. The van der Waals surface area contributed by atoms with Crippen molar-refractivity contribution < 1.29 is 29.0 Å². The van der Waals surface area contributed by atoms with Crippen LogP contribution in [0.3, 0.4) is 0 Å². The second kappa shape index (κ2) is 6.79. The number of nitrogens with zero attached hydrogens (tertiary/aromatic N) is 1. The average molecular weight is 353 g/mol. The van der Waals surface area contributed by atoms with Crippen LogP contribution in [0.15, 0.2) is 48.5 Å². The maximum Gasteiger partial charge on any atom is 0.335 e. The van der Waals surface area contributed by atoms with Crippen molar-refractivity contribution >= 4 is 23.8 Å². The van der Waals surface area contributed by atoms with E-state index in [0.717, 1.165) is 4.90 Å². The summed E-state index contributed by atoms with van der Waals surface area (Å²) in [6.07, 6.45) is -0.0424. The zero-order valence-corrected chi connectivity index (χ0v) is 13.8. The quantitative estimate of drug-likeness (QED) is 0.649. The highest BCUT2D eigenvalue weighted by atomic mass is 16.5. The van der Waals surface area contributed by atoms with E-state index in [-0.39, 0.29) is 23.1 Å². The number of carbonyl (C=O) groups excluding carboxylic acids is 3. The number of hydrogen-bond acceptors (Lipinski definition) is 5. The van der Waals surface area contributed by atoms with E-state index in [4.69, 9.17) is 9.84 Å². The minimum Gasteiger partial charge on any atom is -0.478 e. The highest BCUT2D eigenvalue weighted by molar-refractivity contribution is 6.22. The first-order valence-corrected chi connectivity index (χ1v) is 7.81. The van der Waals surface area contributed by atoms with Crippen LogP contribution < -0.4 is 0 Å². The summed E-state index contributed by atoms with van der Waals surface area (Å²) in [6, 6.07) is 11.1. The first kappa shape index (κ1) is 17.3. The number of carbonyl (C=O) groups is 4. The molecule has 1 aliphatic rings. The molecule has 132 valence electrons. The number of aromatic carboxylic acids is 1. The van der Waals surface area contributed by atoms with Crippen molar-refractivity contribution in [1.82, 2.24) is 4.90 Å². The van der Waals surface area contributed by atoms with E-state index in [9.17, 15) is 19.2 Å². The molecule has 1 N–H and O–H groups in total. The van der Waals surface area contributed by atoms with Crippen molar-refractivity contribution in [3.63, 3.8) is 0 Å². The molecule has 0 bridgehead atoms. The van der Waals surface area contributed by atoms with Crippen LogP contribution in [0.25, 0.3) is 0 Å². The lowest BCUT2D eigenvalue weighted by Crippen LogP contribution is -2.46. The number of benzene rings is 2. The summed E-state index contributed by atoms with van der Waals surface area (Å²) >= 11 is 0. The number of esters is 1. The van der Waals surface area contributed by atoms with E-state index < -0.39 is 29.8 Å². The van der Waals surface area contributed by atoms with Crippen molar-refractivity contribution in [3.8, 4) is 0 Å². The normalized spacial score (nSPS) is 14.1. The van der Waals surface area contributed by atoms with Crippen LogP contribution in [-0.4, -0.2) is 46.9 Å². The van der Waals surface area contributed by atoms with Crippen molar-refractivity contribution in [1.29, 1.82) is 0 Å². The van der Waals surface area contributed by atoms with Gasteiger partial charge in [0.05, 0.1) is 23.8 Å². The fourth-order valence-electron chi connectivity index (χ4n) is 2.96. The number of amides is 2. The predicted octanol–water partition coefficient (Wildman–Crippen LogP) is 1.77. The number of carboxylic acid groups (broad SMARTS) is 1. The fraction of sp³-hybridized carbons (Fsp3) is 0.158. The molecule has 0 aromatic heterocycles. The van der Waals surface area contributed by atoms with Gasteiger partial charge in [-0.1, -0.05) is 24.3 Å². The number of imide groups is 1. The Hall–Kier alpha value is -3.48. The van der Waals surface area contributed by atoms with E-state index in [2.05, 4.69) is 0 Å². The van der Waals surface area contributed by atoms with Gasteiger partial charge >= 0.3 is 11.9 Å². The second-order valence-corrected chi connectivity index (χ2v) is 5.77. The third kappa shape index (κ3) is 2.95. The number of fused-ring (bicyclic) bond motifs is 1. The van der Waals surface area contributed by atoms with Crippen LogP contribution in [0.4, 0.5) is 0 Å². The van der Waals surface area contributed by atoms with E-state index in [1.807, 2.05) is 0 Å². The van der Waals surface area contributed by atoms with E-state index in [1.165, 1.54) is 37.4 Å². The Morgan fingerprint density at radius 2 is 1.65 bits per heavy atom. The van der Waals surface area contributed by atoms with E-state index in [1.54, 1.807) is 18.2 Å². The molecule has 0 saturated carbocycles. The number of ether oxygens (including phenoxy) is 1. The van der Waals surface area contributed by atoms with Crippen LogP contribution in [0, 0.1) is 0 Å². The fourth-order valence-corrected chi connectivity index (χ4v) is 2.96. The molecular formula is C19H15NO6. The standard InChI is InChI=1S/C19H15NO6/c1-26-19(25)15(10-11-5-4-6-12(9-11)18(23)24)20-16(21)13-7-2-3-8-14(13)17(20)22/h2-9,15H,10H2,1H3,(H,23,24). The van der Waals surface area contributed by atoms with Crippen molar-refractivity contribution in [2.75, 3.05) is 7.11 Å². The lowest BCUT2D eigenvalue weighted by Gasteiger charge is -2.24. The molecule has 2 aromatic rings. The largest absolute Gasteiger partial charge is 0.478 e. The van der Waals surface area contributed by atoms with Gasteiger partial charge in [0.25, 0.3) is 11.8 Å². The Kier molecular flexibility index (Phi) is 4.53. The summed E-state index contributed by atoms with van der Waals surface area (Å²) in [6.45, 7) is 0. The predicted molar refractivity (Wildman–Crippen MR) is 89.9 cm³/mol. The first-order chi connectivity index (χ1) is 12.4. The molecule has 1 unspecified atom stereocenters. The first-order valence-electron chi connectivity index (χ1n) is 7.81. The van der Waals surface area contributed by atoms with Gasteiger partial charge in [-0.3, -0.25) is 14.5 Å². The molecule has 7 nitrogen and oxygen atoms in total. The Morgan fingerprint density at radius 1 is 1.04 bits per heavy atom. The maximum atomic E-state index is 12.6. The Labute approximate surface area is 148 Å². The number of carboxylic acids is 1. The lowest BCUT2D eigenvalue weighted by atomic mass is 10.0. The van der Waals surface area contributed by atoms with Gasteiger partial charge in [-0.2, -0.15) is 0 Å².